The first kappa shape index (κ1) is 30.9. The summed E-state index contributed by atoms with van der Waals surface area (Å²) in [4.78, 5) is 21.9. The van der Waals surface area contributed by atoms with E-state index in [1.54, 1.807) is 12.3 Å². The average molecular weight is 567 g/mol. The molecule has 10 heteroatoms. The number of nitrogens with zero attached hydrogens (tertiary/aromatic N) is 8. The third-order valence-corrected chi connectivity index (χ3v) is 7.36. The number of amides is 1. The lowest BCUT2D eigenvalue weighted by Crippen LogP contribution is -2.27. The Bertz CT molecular complexity index is 1440. The molecule has 0 saturated heterocycles. The molecule has 0 unspecified atom stereocenters. The molecule has 0 saturated carbocycles. The van der Waals surface area contributed by atoms with E-state index in [2.05, 4.69) is 46.1 Å². The van der Waals surface area contributed by atoms with Crippen LogP contribution in [0.2, 0.25) is 0 Å². The zero-order valence-electron chi connectivity index (χ0n) is 23.8. The molecule has 210 valence electrons. The monoisotopic (exact) mass is 566 g/mol. The van der Waals surface area contributed by atoms with Crippen molar-refractivity contribution in [2.24, 2.45) is 10.2 Å². The summed E-state index contributed by atoms with van der Waals surface area (Å²) in [5.74, 6) is -0.403. The van der Waals surface area contributed by atoms with Gasteiger partial charge in [-0.05, 0) is 55.7 Å². The molecule has 1 aliphatic rings. The summed E-state index contributed by atoms with van der Waals surface area (Å²) in [5, 5.41) is 37.7. The molecular weight excluding hydrogens is 532 g/mol. The second-order valence-electron chi connectivity index (χ2n) is 9.45. The number of hydrogen-bond donors (Lipinski definition) is 0. The lowest BCUT2D eigenvalue weighted by atomic mass is 10.1. The zero-order chi connectivity index (χ0) is 29.6. The molecule has 41 heavy (non-hydrogen) atoms. The van der Waals surface area contributed by atoms with Gasteiger partial charge in [0.25, 0.3) is 5.91 Å². The number of carbonyl (C=O) groups excluding carboxylic acids is 1. The molecule has 1 amide bonds. The van der Waals surface area contributed by atoms with Gasteiger partial charge in [0.15, 0.2) is 5.57 Å². The van der Waals surface area contributed by atoms with E-state index in [9.17, 15) is 20.6 Å². The minimum absolute atomic E-state index is 0.0243. The fourth-order valence-corrected chi connectivity index (χ4v) is 4.91. The molecule has 0 atom stereocenters. The molecule has 0 bridgehead atoms. The largest absolute Gasteiger partial charge is 0.372 e. The van der Waals surface area contributed by atoms with E-state index in [-0.39, 0.29) is 22.4 Å². The highest BCUT2D eigenvalue weighted by atomic mass is 32.1. The van der Waals surface area contributed by atoms with E-state index in [4.69, 9.17) is 0 Å². The number of carbonyl (C=O) groups is 1. The summed E-state index contributed by atoms with van der Waals surface area (Å²) < 4.78 is 0. The molecule has 1 aliphatic heterocycles. The highest BCUT2D eigenvalue weighted by Gasteiger charge is 2.36. The minimum Gasteiger partial charge on any atom is -0.372 e. The molecule has 0 aliphatic carbocycles. The predicted octanol–water partition coefficient (Wildman–Crippen LogP) is 7.74. The van der Waals surface area contributed by atoms with Crippen LogP contribution >= 0.6 is 11.3 Å². The Morgan fingerprint density at radius 2 is 1.63 bits per heavy atom. The molecule has 2 heterocycles. The molecular formula is C31H34N8OS. The highest BCUT2D eigenvalue weighted by molar-refractivity contribution is 7.16. The number of anilines is 1. The topological polar surface area (TPSA) is 133 Å². The molecule has 0 spiro atoms. The van der Waals surface area contributed by atoms with E-state index >= 15 is 0 Å². The first-order valence-corrected chi connectivity index (χ1v) is 14.7. The van der Waals surface area contributed by atoms with E-state index in [0.717, 1.165) is 50.9 Å². The highest BCUT2D eigenvalue weighted by Crippen LogP contribution is 2.33. The number of thiazole rings is 1. The van der Waals surface area contributed by atoms with Gasteiger partial charge >= 0.3 is 0 Å². The van der Waals surface area contributed by atoms with Gasteiger partial charge in [0, 0.05) is 36.4 Å². The van der Waals surface area contributed by atoms with Crippen LogP contribution in [0.3, 0.4) is 0 Å². The second-order valence-corrected chi connectivity index (χ2v) is 10.5. The van der Waals surface area contributed by atoms with Crippen molar-refractivity contribution in [2.75, 3.05) is 24.5 Å². The molecule has 0 fully saturated rings. The number of aromatic nitrogens is 1. The van der Waals surface area contributed by atoms with Crippen molar-refractivity contribution in [1.82, 2.24) is 9.88 Å². The standard InChI is InChI=1S/C31H34N8OS/c1-4-7-16-38(17-8-5-2)25-12-10-24(11-13-25)36-37-31-35-22-26(41-31)14-15-27-28(21-34)29(23(19-32)20-33)39(30(27)40)18-9-6-3/h10-15,22H,4-9,16-18H2,1-3H3/b15-14+,37-36?. The number of allylic oxidation sites excluding steroid dienone is 2. The normalized spacial score (nSPS) is 13.2. The lowest BCUT2D eigenvalue weighted by molar-refractivity contribution is -0.124. The summed E-state index contributed by atoms with van der Waals surface area (Å²) in [5.41, 5.74) is 1.91. The van der Waals surface area contributed by atoms with Crippen molar-refractivity contribution in [3.63, 3.8) is 0 Å². The lowest BCUT2D eigenvalue weighted by Gasteiger charge is -2.24. The van der Waals surface area contributed by atoms with Crippen LogP contribution in [0.4, 0.5) is 16.5 Å². The van der Waals surface area contributed by atoms with Crippen LogP contribution in [0.25, 0.3) is 6.08 Å². The molecule has 1 aromatic carbocycles. The molecule has 2 aromatic rings. The summed E-state index contributed by atoms with van der Waals surface area (Å²) in [7, 11) is 0. The molecule has 0 radical (unpaired) electrons. The number of rotatable bonds is 14. The van der Waals surface area contributed by atoms with Crippen LogP contribution in [0.5, 0.6) is 0 Å². The van der Waals surface area contributed by atoms with E-state index in [0.29, 0.717) is 23.0 Å². The van der Waals surface area contributed by atoms with Crippen molar-refractivity contribution in [1.29, 1.82) is 15.8 Å². The van der Waals surface area contributed by atoms with E-state index in [1.165, 1.54) is 28.0 Å². The Morgan fingerprint density at radius 3 is 2.22 bits per heavy atom. The van der Waals surface area contributed by atoms with Crippen molar-refractivity contribution < 1.29 is 4.79 Å². The first-order valence-electron chi connectivity index (χ1n) is 13.9. The van der Waals surface area contributed by atoms with Gasteiger partial charge in [-0.15, -0.1) is 10.2 Å². The van der Waals surface area contributed by atoms with Gasteiger partial charge in [-0.1, -0.05) is 51.4 Å². The molecule has 0 N–H and O–H groups in total. The fourth-order valence-electron chi connectivity index (χ4n) is 4.27. The first-order chi connectivity index (χ1) is 20.0. The van der Waals surface area contributed by atoms with Gasteiger partial charge in [0.1, 0.15) is 18.2 Å². The Labute approximate surface area is 246 Å². The molecule has 1 aromatic heterocycles. The Kier molecular flexibility index (Phi) is 12.0. The van der Waals surface area contributed by atoms with Crippen LogP contribution in [-0.2, 0) is 4.79 Å². The smallest absolute Gasteiger partial charge is 0.259 e. The number of hydrogen-bond acceptors (Lipinski definition) is 9. The van der Waals surface area contributed by atoms with Gasteiger partial charge in [-0.2, -0.15) is 15.8 Å². The average Bonchev–Trinajstić information content (AvgIpc) is 3.56. The summed E-state index contributed by atoms with van der Waals surface area (Å²) >= 11 is 1.29. The van der Waals surface area contributed by atoms with Crippen LogP contribution < -0.4 is 4.90 Å². The third kappa shape index (κ3) is 7.97. The molecule has 9 nitrogen and oxygen atoms in total. The number of nitriles is 3. The van der Waals surface area contributed by atoms with Gasteiger partial charge < -0.3 is 9.80 Å². The zero-order valence-corrected chi connectivity index (χ0v) is 24.6. The number of benzene rings is 1. The van der Waals surface area contributed by atoms with Crippen LogP contribution in [-0.4, -0.2) is 35.4 Å². The number of azo groups is 1. The number of unbranched alkanes of at least 4 members (excludes halogenated alkanes) is 3. The second kappa shape index (κ2) is 15.9. The quantitative estimate of drug-likeness (QED) is 0.170. The summed E-state index contributed by atoms with van der Waals surface area (Å²) in [6, 6.07) is 13.7. The van der Waals surface area contributed by atoms with Gasteiger partial charge in [0.05, 0.1) is 22.5 Å². The predicted molar refractivity (Wildman–Crippen MR) is 161 cm³/mol. The van der Waals surface area contributed by atoms with Crippen molar-refractivity contribution in [2.45, 2.75) is 59.3 Å². The molecule has 3 rings (SSSR count). The van der Waals surface area contributed by atoms with Gasteiger partial charge in [-0.3, -0.25) is 4.79 Å². The minimum atomic E-state index is -0.403. The third-order valence-electron chi connectivity index (χ3n) is 6.51. The van der Waals surface area contributed by atoms with Crippen LogP contribution in [0, 0.1) is 34.0 Å². The van der Waals surface area contributed by atoms with Gasteiger partial charge in [0.2, 0.25) is 5.13 Å². The Morgan fingerprint density at radius 1 is 0.976 bits per heavy atom. The van der Waals surface area contributed by atoms with Crippen LogP contribution in [0.1, 0.15) is 64.2 Å². The van der Waals surface area contributed by atoms with Crippen molar-refractivity contribution in [3.05, 3.63) is 63.8 Å². The maximum atomic E-state index is 13.1. The SMILES string of the molecule is CCCCN1C(=O)C(/C=C/c2cnc(N=Nc3ccc(N(CCCC)CCCC)cc3)s2)=C(C#N)C1=C(C#N)C#N. The summed E-state index contributed by atoms with van der Waals surface area (Å²) in [6.07, 6.45) is 11.0. The van der Waals surface area contributed by atoms with E-state index in [1.807, 2.05) is 37.3 Å². The van der Waals surface area contributed by atoms with Crippen LogP contribution in [0.15, 0.2) is 69.2 Å². The maximum Gasteiger partial charge on any atom is 0.259 e. The van der Waals surface area contributed by atoms with Crippen molar-refractivity contribution >= 4 is 39.8 Å². The maximum absolute atomic E-state index is 13.1. The van der Waals surface area contributed by atoms with Crippen molar-refractivity contribution in [3.8, 4) is 18.2 Å². The Hall–Kier alpha value is -4.59. The summed E-state index contributed by atoms with van der Waals surface area (Å²) in [6.45, 7) is 8.78. The van der Waals surface area contributed by atoms with Gasteiger partial charge in [-0.25, -0.2) is 4.98 Å². The van der Waals surface area contributed by atoms with E-state index < -0.39 is 5.91 Å². The fraction of sp³-hybridized carbons (Fsp3) is 0.387. The Balaban J connectivity index is 1.76.